The fourth-order valence-corrected chi connectivity index (χ4v) is 5.55. The summed E-state index contributed by atoms with van der Waals surface area (Å²) in [6.07, 6.45) is 10.4. The average molecular weight is 426 g/mol. The number of hydrogen-bond acceptors (Lipinski definition) is 4. The molecule has 3 N–H and O–H groups in total. The number of amides is 1. The van der Waals surface area contributed by atoms with Gasteiger partial charge >= 0.3 is 5.97 Å². The zero-order valence-corrected chi connectivity index (χ0v) is 18.1. The van der Waals surface area contributed by atoms with Gasteiger partial charge in [-0.1, -0.05) is 26.0 Å². The van der Waals surface area contributed by atoms with Crippen molar-refractivity contribution in [2.75, 3.05) is 0 Å². The number of carbonyl (C=O) groups is 2. The number of carboxylic acid groups (broad SMARTS) is 1. The molecular formula is C25H31NO5. The van der Waals surface area contributed by atoms with Gasteiger partial charge < -0.3 is 19.9 Å². The number of aliphatic carboxylic acids is 1. The number of unbranched alkanes of at least 4 members (excludes halogenated alkanes) is 1. The Labute approximate surface area is 182 Å². The summed E-state index contributed by atoms with van der Waals surface area (Å²) in [6.45, 7) is 4.60. The number of phenolic OH excluding ortho intramolecular Hbond substituents is 1. The minimum Gasteiger partial charge on any atom is -0.508 e. The maximum absolute atomic E-state index is 13.2. The van der Waals surface area contributed by atoms with Gasteiger partial charge in [-0.3, -0.25) is 9.59 Å². The molecule has 2 aromatic rings. The summed E-state index contributed by atoms with van der Waals surface area (Å²) in [7, 11) is 0. The standard InChI is InChI=1S/C25H31NO5/c1-25(2)16-11-15(7-5-3-4-6-8-22(28)29)23(20(25)12-16)26-24(30)19-14-31-21-10-9-17(27)13-18(19)21/h3,5,9-10,13-16,20,23,27H,4,6-8,11-12H2,1-2H3,(H,26,30)(H,28,29)/b5-3-/t15-,16-,20-,23?/m0/s1. The number of allylic oxidation sites excluding steroid dienone is 2. The number of furan rings is 1. The molecule has 4 atom stereocenters. The number of hydrogen-bond donors (Lipinski definition) is 3. The van der Waals surface area contributed by atoms with Crippen LogP contribution in [0.25, 0.3) is 11.0 Å². The van der Waals surface area contributed by atoms with E-state index in [-0.39, 0.29) is 29.5 Å². The van der Waals surface area contributed by atoms with E-state index in [4.69, 9.17) is 9.52 Å². The van der Waals surface area contributed by atoms with Crippen LogP contribution in [0.5, 0.6) is 5.75 Å². The maximum atomic E-state index is 13.2. The first kappa shape index (κ1) is 21.5. The summed E-state index contributed by atoms with van der Waals surface area (Å²) in [5.41, 5.74) is 1.25. The van der Waals surface area contributed by atoms with Gasteiger partial charge in [-0.05, 0) is 73.5 Å². The van der Waals surface area contributed by atoms with Gasteiger partial charge in [0.05, 0.1) is 5.56 Å². The fourth-order valence-electron chi connectivity index (χ4n) is 5.55. The minimum absolute atomic E-state index is 0.0819. The number of fused-ring (bicyclic) bond motifs is 3. The normalized spacial score (nSPS) is 26.6. The molecule has 0 radical (unpaired) electrons. The molecule has 6 nitrogen and oxygen atoms in total. The highest BCUT2D eigenvalue weighted by atomic mass is 16.4. The van der Waals surface area contributed by atoms with Crippen LogP contribution in [0.2, 0.25) is 0 Å². The number of carboxylic acids is 1. The van der Waals surface area contributed by atoms with Crippen molar-refractivity contribution in [3.63, 3.8) is 0 Å². The highest BCUT2D eigenvalue weighted by Gasteiger charge is 2.57. The monoisotopic (exact) mass is 425 g/mol. The Bertz CT molecular complexity index is 1000. The quantitative estimate of drug-likeness (QED) is 0.403. The van der Waals surface area contributed by atoms with Crippen LogP contribution in [0, 0.1) is 23.2 Å². The van der Waals surface area contributed by atoms with Crippen molar-refractivity contribution >= 4 is 22.8 Å². The number of carbonyl (C=O) groups excluding carboxylic acids is 1. The smallest absolute Gasteiger partial charge is 0.303 e. The predicted octanol–water partition coefficient (Wildman–Crippen LogP) is 5.12. The van der Waals surface area contributed by atoms with Crippen LogP contribution in [0.1, 0.15) is 62.7 Å². The number of nitrogens with one attached hydrogen (secondary N) is 1. The molecule has 6 heteroatoms. The molecule has 0 spiro atoms. The van der Waals surface area contributed by atoms with E-state index in [0.29, 0.717) is 40.7 Å². The van der Waals surface area contributed by atoms with Crippen molar-refractivity contribution in [1.82, 2.24) is 5.32 Å². The molecule has 1 aromatic heterocycles. The van der Waals surface area contributed by atoms with Crippen LogP contribution in [0.3, 0.4) is 0 Å². The molecule has 5 rings (SSSR count). The molecule has 3 fully saturated rings. The maximum Gasteiger partial charge on any atom is 0.303 e. The number of benzene rings is 1. The van der Waals surface area contributed by atoms with Crippen LogP contribution >= 0.6 is 0 Å². The molecule has 0 aliphatic heterocycles. The Hall–Kier alpha value is -2.76. The van der Waals surface area contributed by atoms with Crippen LogP contribution in [0.15, 0.2) is 41.0 Å². The lowest BCUT2D eigenvalue weighted by molar-refractivity contribution is -0.137. The first-order valence-electron chi connectivity index (χ1n) is 11.1. The largest absolute Gasteiger partial charge is 0.508 e. The Morgan fingerprint density at radius 3 is 2.81 bits per heavy atom. The molecular weight excluding hydrogens is 394 g/mol. The Morgan fingerprint density at radius 1 is 1.26 bits per heavy atom. The summed E-state index contributed by atoms with van der Waals surface area (Å²) >= 11 is 0. The lowest BCUT2D eigenvalue weighted by Crippen LogP contribution is -2.63. The molecule has 1 amide bonds. The first-order chi connectivity index (χ1) is 14.8. The lowest BCUT2D eigenvalue weighted by atomic mass is 9.44. The van der Waals surface area contributed by atoms with E-state index in [1.165, 1.54) is 6.26 Å². The van der Waals surface area contributed by atoms with Gasteiger partial charge in [0, 0.05) is 17.8 Å². The Kier molecular flexibility index (Phi) is 5.82. The molecule has 3 aliphatic carbocycles. The second-order valence-corrected chi connectivity index (χ2v) is 9.68. The van der Waals surface area contributed by atoms with Gasteiger partial charge in [0.2, 0.25) is 0 Å². The molecule has 1 heterocycles. The van der Waals surface area contributed by atoms with Gasteiger partial charge in [-0.25, -0.2) is 0 Å². The van der Waals surface area contributed by atoms with E-state index in [0.717, 1.165) is 25.7 Å². The van der Waals surface area contributed by atoms with Crippen LogP contribution in [-0.4, -0.2) is 28.1 Å². The third kappa shape index (κ3) is 4.21. The average Bonchev–Trinajstić information content (AvgIpc) is 3.13. The topological polar surface area (TPSA) is 99.8 Å². The molecule has 0 saturated heterocycles. The molecule has 3 saturated carbocycles. The van der Waals surface area contributed by atoms with E-state index in [9.17, 15) is 14.7 Å². The van der Waals surface area contributed by atoms with Crippen molar-refractivity contribution in [3.05, 3.63) is 42.2 Å². The van der Waals surface area contributed by atoms with Crippen molar-refractivity contribution in [2.24, 2.45) is 23.2 Å². The SMILES string of the molecule is CC1(C)[C@H]2C[C@H](C/C=C\CCCC(=O)O)C(NC(=O)c3coc4ccc(O)cc34)[C@@H]1C2. The van der Waals surface area contributed by atoms with Gasteiger partial charge in [0.25, 0.3) is 5.91 Å². The summed E-state index contributed by atoms with van der Waals surface area (Å²) < 4.78 is 5.51. The van der Waals surface area contributed by atoms with Gasteiger partial charge in [0.15, 0.2) is 0 Å². The van der Waals surface area contributed by atoms with Crippen molar-refractivity contribution in [1.29, 1.82) is 0 Å². The highest BCUT2D eigenvalue weighted by Crippen LogP contribution is 2.61. The molecule has 1 unspecified atom stereocenters. The Balaban J connectivity index is 1.46. The highest BCUT2D eigenvalue weighted by molar-refractivity contribution is 6.06. The van der Waals surface area contributed by atoms with Crippen molar-refractivity contribution in [2.45, 2.75) is 58.4 Å². The van der Waals surface area contributed by atoms with Crippen molar-refractivity contribution in [3.8, 4) is 5.75 Å². The molecule has 3 aliphatic rings. The predicted molar refractivity (Wildman–Crippen MR) is 118 cm³/mol. The van der Waals surface area contributed by atoms with E-state index in [2.05, 4.69) is 31.3 Å². The molecule has 2 bridgehead atoms. The van der Waals surface area contributed by atoms with Gasteiger partial charge in [-0.15, -0.1) is 0 Å². The molecule has 166 valence electrons. The van der Waals surface area contributed by atoms with E-state index in [1.807, 2.05) is 0 Å². The third-order valence-electron chi connectivity index (χ3n) is 7.54. The van der Waals surface area contributed by atoms with Crippen molar-refractivity contribution < 1.29 is 24.2 Å². The zero-order valence-electron chi connectivity index (χ0n) is 18.1. The number of aromatic hydroxyl groups is 1. The number of phenols is 1. The summed E-state index contributed by atoms with van der Waals surface area (Å²) in [6, 6.07) is 4.86. The van der Waals surface area contributed by atoms with Crippen LogP contribution < -0.4 is 5.32 Å². The Morgan fingerprint density at radius 2 is 2.06 bits per heavy atom. The fraction of sp³-hybridized carbons (Fsp3) is 0.520. The van der Waals surface area contributed by atoms with Crippen LogP contribution in [0.4, 0.5) is 0 Å². The second-order valence-electron chi connectivity index (χ2n) is 9.68. The van der Waals surface area contributed by atoms with Crippen LogP contribution in [-0.2, 0) is 4.79 Å². The van der Waals surface area contributed by atoms with E-state index in [1.54, 1.807) is 18.2 Å². The summed E-state index contributed by atoms with van der Waals surface area (Å²) in [5.74, 6) is 0.671. The molecule has 1 aromatic carbocycles. The molecule has 31 heavy (non-hydrogen) atoms. The first-order valence-corrected chi connectivity index (χ1v) is 11.1. The summed E-state index contributed by atoms with van der Waals surface area (Å²) in [5, 5.41) is 22.5. The van der Waals surface area contributed by atoms with Gasteiger partial charge in [0.1, 0.15) is 17.6 Å². The zero-order chi connectivity index (χ0) is 22.2. The number of rotatable bonds is 8. The third-order valence-corrected chi connectivity index (χ3v) is 7.54. The second kappa shape index (κ2) is 8.40. The minimum atomic E-state index is -0.758. The lowest BCUT2D eigenvalue weighted by Gasteiger charge is -2.62. The van der Waals surface area contributed by atoms with Gasteiger partial charge in [-0.2, -0.15) is 0 Å². The van der Waals surface area contributed by atoms with E-state index < -0.39 is 5.97 Å². The van der Waals surface area contributed by atoms with E-state index >= 15 is 0 Å². The summed E-state index contributed by atoms with van der Waals surface area (Å²) in [4.78, 5) is 23.8.